The van der Waals surface area contributed by atoms with Gasteiger partial charge in [0.25, 0.3) is 0 Å². The molecule has 1 atom stereocenters. The van der Waals surface area contributed by atoms with Gasteiger partial charge in [-0.1, -0.05) is 32.4 Å². The Morgan fingerprint density at radius 3 is 2.59 bits per heavy atom. The van der Waals surface area contributed by atoms with E-state index in [1.165, 1.54) is 0 Å². The number of halogens is 1. The highest BCUT2D eigenvalue weighted by Crippen LogP contribution is 2.36. The highest BCUT2D eigenvalue weighted by Gasteiger charge is 2.21. The van der Waals surface area contributed by atoms with Crippen LogP contribution in [-0.4, -0.2) is 30.8 Å². The number of carboxylic acids is 1. The first-order valence-electron chi connectivity index (χ1n) is 7.36. The molecule has 0 aliphatic rings. The molecule has 0 aromatic heterocycles. The number of ether oxygens (including phenoxy) is 2. The first-order chi connectivity index (χ1) is 10.4. The van der Waals surface area contributed by atoms with Crippen LogP contribution in [0.5, 0.6) is 11.5 Å². The van der Waals surface area contributed by atoms with E-state index in [1.807, 2.05) is 26.8 Å². The van der Waals surface area contributed by atoms with Gasteiger partial charge in [0.15, 0.2) is 11.5 Å². The van der Waals surface area contributed by atoms with Crippen molar-refractivity contribution in [3.8, 4) is 11.5 Å². The van der Waals surface area contributed by atoms with Gasteiger partial charge in [-0.15, -0.1) is 0 Å². The molecule has 0 heterocycles. The van der Waals surface area contributed by atoms with E-state index in [9.17, 15) is 9.90 Å². The zero-order valence-electron chi connectivity index (χ0n) is 13.5. The summed E-state index contributed by atoms with van der Waals surface area (Å²) in [6.07, 6.45) is 0.872. The standard InChI is InChI=1S/C16H24ClNO4/c1-5-6-22-15-12(17)7-11(8-13(15)21-4)9-18-14(10(2)3)16(19)20/h7-8,10,14,18H,5-6,9H2,1-4H3,(H,19,20)/t14-/m1/s1. The SMILES string of the molecule is CCCOc1c(Cl)cc(CN[C@@H](C(=O)O)C(C)C)cc1OC. The molecule has 5 nitrogen and oxygen atoms in total. The molecule has 0 bridgehead atoms. The smallest absolute Gasteiger partial charge is 0.320 e. The molecule has 1 aromatic rings. The summed E-state index contributed by atoms with van der Waals surface area (Å²) < 4.78 is 10.9. The zero-order chi connectivity index (χ0) is 16.7. The molecule has 0 spiro atoms. The van der Waals surface area contributed by atoms with Crippen molar-refractivity contribution < 1.29 is 19.4 Å². The lowest BCUT2D eigenvalue weighted by atomic mass is 10.0. The van der Waals surface area contributed by atoms with Crippen molar-refractivity contribution in [2.75, 3.05) is 13.7 Å². The summed E-state index contributed by atoms with van der Waals surface area (Å²) in [6.45, 7) is 6.68. The van der Waals surface area contributed by atoms with Gasteiger partial charge >= 0.3 is 5.97 Å². The maximum absolute atomic E-state index is 11.2. The number of carboxylic acid groups (broad SMARTS) is 1. The van der Waals surface area contributed by atoms with Crippen molar-refractivity contribution in [1.82, 2.24) is 5.32 Å². The van der Waals surface area contributed by atoms with Crippen LogP contribution in [0.3, 0.4) is 0 Å². The van der Waals surface area contributed by atoms with Crippen LogP contribution >= 0.6 is 11.6 Å². The molecular formula is C16H24ClNO4. The largest absolute Gasteiger partial charge is 0.493 e. The number of aliphatic carboxylic acids is 1. The normalized spacial score (nSPS) is 12.3. The quantitative estimate of drug-likeness (QED) is 0.727. The van der Waals surface area contributed by atoms with E-state index in [0.29, 0.717) is 29.7 Å². The molecule has 0 aliphatic carbocycles. The average Bonchev–Trinajstić information content (AvgIpc) is 2.45. The molecule has 0 unspecified atom stereocenters. The van der Waals surface area contributed by atoms with Crippen LogP contribution in [-0.2, 0) is 11.3 Å². The Morgan fingerprint density at radius 2 is 2.09 bits per heavy atom. The fraction of sp³-hybridized carbons (Fsp3) is 0.562. The van der Waals surface area contributed by atoms with Crippen molar-refractivity contribution >= 4 is 17.6 Å². The Bertz CT molecular complexity index is 505. The van der Waals surface area contributed by atoms with Gasteiger partial charge in [0, 0.05) is 6.54 Å². The van der Waals surface area contributed by atoms with Crippen molar-refractivity contribution in [3.63, 3.8) is 0 Å². The van der Waals surface area contributed by atoms with E-state index in [2.05, 4.69) is 5.32 Å². The van der Waals surface area contributed by atoms with Crippen LogP contribution in [0.25, 0.3) is 0 Å². The van der Waals surface area contributed by atoms with Crippen LogP contribution in [0.2, 0.25) is 5.02 Å². The summed E-state index contributed by atoms with van der Waals surface area (Å²) in [5.41, 5.74) is 0.845. The lowest BCUT2D eigenvalue weighted by Crippen LogP contribution is -2.40. The number of rotatable bonds is 9. The van der Waals surface area contributed by atoms with Crippen LogP contribution in [0.1, 0.15) is 32.8 Å². The minimum absolute atomic E-state index is 0.0120. The number of benzene rings is 1. The van der Waals surface area contributed by atoms with Crippen LogP contribution in [0, 0.1) is 5.92 Å². The Morgan fingerprint density at radius 1 is 1.41 bits per heavy atom. The molecule has 0 saturated carbocycles. The summed E-state index contributed by atoms with van der Waals surface area (Å²) in [7, 11) is 1.55. The van der Waals surface area contributed by atoms with Gasteiger partial charge in [0.1, 0.15) is 6.04 Å². The van der Waals surface area contributed by atoms with Crippen molar-refractivity contribution in [3.05, 3.63) is 22.7 Å². The number of carbonyl (C=O) groups is 1. The molecule has 6 heteroatoms. The van der Waals surface area contributed by atoms with Gasteiger partial charge in [0.2, 0.25) is 0 Å². The molecule has 0 aliphatic heterocycles. The number of hydrogen-bond acceptors (Lipinski definition) is 4. The first kappa shape index (κ1) is 18.6. The van der Waals surface area contributed by atoms with Gasteiger partial charge < -0.3 is 19.9 Å². The van der Waals surface area contributed by atoms with Crippen LogP contribution in [0.15, 0.2) is 12.1 Å². The molecule has 1 aromatic carbocycles. The summed E-state index contributed by atoms with van der Waals surface area (Å²) in [6, 6.07) is 2.96. The fourth-order valence-electron chi connectivity index (χ4n) is 2.06. The maximum atomic E-state index is 11.2. The third kappa shape index (κ3) is 5.07. The topological polar surface area (TPSA) is 67.8 Å². The number of hydrogen-bond donors (Lipinski definition) is 2. The Labute approximate surface area is 136 Å². The lowest BCUT2D eigenvalue weighted by molar-refractivity contribution is -0.140. The monoisotopic (exact) mass is 329 g/mol. The molecule has 124 valence electrons. The molecule has 0 fully saturated rings. The van der Waals surface area contributed by atoms with E-state index in [4.69, 9.17) is 21.1 Å². The average molecular weight is 330 g/mol. The van der Waals surface area contributed by atoms with Gasteiger partial charge in [-0.25, -0.2) is 0 Å². The maximum Gasteiger partial charge on any atom is 0.320 e. The Kier molecular flexibility index (Phi) is 7.48. The highest BCUT2D eigenvalue weighted by atomic mass is 35.5. The van der Waals surface area contributed by atoms with Gasteiger partial charge in [0.05, 0.1) is 18.7 Å². The van der Waals surface area contributed by atoms with Crippen LogP contribution in [0.4, 0.5) is 0 Å². The van der Waals surface area contributed by atoms with Crippen molar-refractivity contribution in [1.29, 1.82) is 0 Å². The summed E-state index contributed by atoms with van der Waals surface area (Å²) in [4.78, 5) is 11.2. The molecule has 1 rings (SSSR count). The van der Waals surface area contributed by atoms with Gasteiger partial charge in [-0.05, 0) is 30.0 Å². The van der Waals surface area contributed by atoms with E-state index >= 15 is 0 Å². The van der Waals surface area contributed by atoms with E-state index in [1.54, 1.807) is 13.2 Å². The summed E-state index contributed by atoms with van der Waals surface area (Å²) >= 11 is 6.24. The fourth-order valence-corrected chi connectivity index (χ4v) is 2.34. The van der Waals surface area contributed by atoms with Gasteiger partial charge in [-0.3, -0.25) is 4.79 Å². The van der Waals surface area contributed by atoms with E-state index in [0.717, 1.165) is 12.0 Å². The number of methoxy groups -OCH3 is 1. The third-order valence-corrected chi connectivity index (χ3v) is 3.48. The minimum Gasteiger partial charge on any atom is -0.493 e. The molecule has 2 N–H and O–H groups in total. The van der Waals surface area contributed by atoms with Crippen molar-refractivity contribution in [2.45, 2.75) is 39.8 Å². The van der Waals surface area contributed by atoms with Crippen molar-refractivity contribution in [2.24, 2.45) is 5.92 Å². The second-order valence-corrected chi connectivity index (χ2v) is 5.81. The van der Waals surface area contributed by atoms with Gasteiger partial charge in [-0.2, -0.15) is 0 Å². The highest BCUT2D eigenvalue weighted by molar-refractivity contribution is 6.32. The summed E-state index contributed by atoms with van der Waals surface area (Å²) in [5, 5.41) is 12.7. The predicted molar refractivity (Wildman–Crippen MR) is 86.9 cm³/mol. The van der Waals surface area contributed by atoms with Crippen LogP contribution < -0.4 is 14.8 Å². The predicted octanol–water partition coefficient (Wildman–Crippen LogP) is 3.34. The molecule has 0 amide bonds. The zero-order valence-corrected chi connectivity index (χ0v) is 14.2. The van der Waals surface area contributed by atoms with E-state index in [-0.39, 0.29) is 5.92 Å². The minimum atomic E-state index is -0.865. The molecule has 0 saturated heterocycles. The Balaban J connectivity index is 2.88. The lowest BCUT2D eigenvalue weighted by Gasteiger charge is -2.19. The molecule has 0 radical (unpaired) electrons. The molecule has 22 heavy (non-hydrogen) atoms. The second kappa shape index (κ2) is 8.86. The number of nitrogens with one attached hydrogen (secondary N) is 1. The first-order valence-corrected chi connectivity index (χ1v) is 7.73. The summed E-state index contributed by atoms with van der Waals surface area (Å²) in [5.74, 6) is 0.195. The Hall–Kier alpha value is -1.46. The third-order valence-electron chi connectivity index (χ3n) is 3.20. The second-order valence-electron chi connectivity index (χ2n) is 5.40. The molecular weight excluding hydrogens is 306 g/mol. The van der Waals surface area contributed by atoms with E-state index < -0.39 is 12.0 Å².